The zero-order valence-electron chi connectivity index (χ0n) is 20.0. The number of carbonyl (C=O) groups excluding carboxylic acids is 2. The number of ether oxygens (including phenoxy) is 1. The van der Waals surface area contributed by atoms with Crippen LogP contribution in [0.1, 0.15) is 37.6 Å². The van der Waals surface area contributed by atoms with Crippen molar-refractivity contribution in [1.82, 2.24) is 30.8 Å². The number of H-pyrrole nitrogens is 2. The fourth-order valence-electron chi connectivity index (χ4n) is 3.48. The van der Waals surface area contributed by atoms with Crippen molar-refractivity contribution < 1.29 is 23.1 Å². The molecule has 36 heavy (non-hydrogen) atoms. The third kappa shape index (κ3) is 5.85. The van der Waals surface area contributed by atoms with Gasteiger partial charge in [-0.05, 0) is 63.6 Å². The minimum atomic E-state index is -0.954. The van der Waals surface area contributed by atoms with E-state index in [1.54, 1.807) is 39.0 Å². The van der Waals surface area contributed by atoms with Gasteiger partial charge in [-0.1, -0.05) is 0 Å². The van der Waals surface area contributed by atoms with E-state index in [4.69, 9.17) is 4.74 Å². The van der Waals surface area contributed by atoms with Gasteiger partial charge in [-0.3, -0.25) is 9.89 Å². The highest BCUT2D eigenvalue weighted by molar-refractivity contribution is 6.01. The lowest BCUT2D eigenvalue weighted by Gasteiger charge is -2.19. The van der Waals surface area contributed by atoms with Crippen molar-refractivity contribution in [3.05, 3.63) is 59.8 Å². The maximum Gasteiger partial charge on any atom is 0.407 e. The first kappa shape index (κ1) is 24.8. The molecule has 0 aliphatic carbocycles. The van der Waals surface area contributed by atoms with Crippen LogP contribution in [0, 0.1) is 11.6 Å². The Morgan fingerprint density at radius 3 is 2.56 bits per heavy atom. The minimum absolute atomic E-state index is 0.275. The summed E-state index contributed by atoms with van der Waals surface area (Å²) in [5.74, 6) is -1.75. The van der Waals surface area contributed by atoms with Gasteiger partial charge in [0.05, 0.1) is 17.4 Å². The smallest absolute Gasteiger partial charge is 0.407 e. The van der Waals surface area contributed by atoms with Gasteiger partial charge >= 0.3 is 6.09 Å². The van der Waals surface area contributed by atoms with Crippen LogP contribution in [0.5, 0.6) is 0 Å². The molecule has 11 heteroatoms. The van der Waals surface area contributed by atoms with Gasteiger partial charge in [0.15, 0.2) is 17.5 Å². The van der Waals surface area contributed by atoms with E-state index in [-0.39, 0.29) is 5.91 Å². The fourth-order valence-corrected chi connectivity index (χ4v) is 3.48. The highest BCUT2D eigenvalue weighted by Crippen LogP contribution is 2.28. The summed E-state index contributed by atoms with van der Waals surface area (Å²) in [6.07, 6.45) is 1.53. The van der Waals surface area contributed by atoms with Crippen molar-refractivity contribution in [1.29, 1.82) is 0 Å². The molecule has 4 aromatic rings. The van der Waals surface area contributed by atoms with E-state index in [0.29, 0.717) is 58.8 Å². The molecule has 0 saturated carbocycles. The van der Waals surface area contributed by atoms with Gasteiger partial charge in [-0.25, -0.2) is 18.6 Å². The number of alkyl carbamates (subject to hydrolysis) is 1. The lowest BCUT2D eigenvalue weighted by Crippen LogP contribution is -2.34. The van der Waals surface area contributed by atoms with E-state index >= 15 is 0 Å². The summed E-state index contributed by atoms with van der Waals surface area (Å²) < 4.78 is 32.0. The molecule has 9 nitrogen and oxygen atoms in total. The monoisotopic (exact) mass is 496 g/mol. The molecule has 0 spiro atoms. The Kier molecular flexibility index (Phi) is 7.00. The SMILES string of the molecule is CC(C)(C)OC(=O)NCCCNC(=O)c1ccc2[nH]nc(-c3ncc(-c4ccc(F)c(F)c4)[nH]3)c2c1. The number of carbonyl (C=O) groups is 2. The van der Waals surface area contributed by atoms with Gasteiger partial charge in [0.1, 0.15) is 11.3 Å². The molecule has 0 aliphatic heterocycles. The zero-order chi connectivity index (χ0) is 25.9. The number of fused-ring (bicyclic) bond motifs is 1. The number of aromatic nitrogens is 4. The third-order valence-corrected chi connectivity index (χ3v) is 5.16. The lowest BCUT2D eigenvalue weighted by molar-refractivity contribution is 0.0527. The first-order chi connectivity index (χ1) is 17.1. The largest absolute Gasteiger partial charge is 0.444 e. The Balaban J connectivity index is 1.40. The molecule has 0 bridgehead atoms. The second-order valence-electron chi connectivity index (χ2n) is 9.15. The van der Waals surface area contributed by atoms with Crippen LogP contribution in [0.3, 0.4) is 0 Å². The van der Waals surface area contributed by atoms with Gasteiger partial charge in [-0.2, -0.15) is 5.10 Å². The average molecular weight is 497 g/mol. The number of amides is 2. The Morgan fingerprint density at radius 2 is 1.81 bits per heavy atom. The van der Waals surface area contributed by atoms with Crippen LogP contribution in [0.4, 0.5) is 13.6 Å². The van der Waals surface area contributed by atoms with Gasteiger partial charge in [0.2, 0.25) is 0 Å². The number of nitrogens with zero attached hydrogens (tertiary/aromatic N) is 2. The molecule has 2 aromatic carbocycles. The number of benzene rings is 2. The molecule has 0 atom stereocenters. The minimum Gasteiger partial charge on any atom is -0.444 e. The number of nitrogens with one attached hydrogen (secondary N) is 4. The molecule has 0 saturated heterocycles. The number of rotatable bonds is 7. The van der Waals surface area contributed by atoms with Gasteiger partial charge in [-0.15, -0.1) is 0 Å². The van der Waals surface area contributed by atoms with Crippen molar-refractivity contribution in [2.24, 2.45) is 0 Å². The van der Waals surface area contributed by atoms with Crippen molar-refractivity contribution >= 4 is 22.9 Å². The first-order valence-electron chi connectivity index (χ1n) is 11.3. The molecular weight excluding hydrogens is 470 g/mol. The van der Waals surface area contributed by atoms with Gasteiger partial charge in [0.25, 0.3) is 5.91 Å². The second kappa shape index (κ2) is 10.1. The predicted molar refractivity (Wildman–Crippen MR) is 130 cm³/mol. The molecule has 0 fully saturated rings. The Bertz CT molecular complexity index is 1410. The summed E-state index contributed by atoms with van der Waals surface area (Å²) in [6.45, 7) is 6.07. The number of halogens is 2. The maximum atomic E-state index is 13.6. The van der Waals surface area contributed by atoms with Crippen LogP contribution in [0.15, 0.2) is 42.6 Å². The molecule has 2 heterocycles. The number of imidazole rings is 1. The normalized spacial score (nSPS) is 11.5. The van der Waals surface area contributed by atoms with E-state index < -0.39 is 23.3 Å². The second-order valence-corrected chi connectivity index (χ2v) is 9.15. The third-order valence-electron chi connectivity index (χ3n) is 5.16. The highest BCUT2D eigenvalue weighted by atomic mass is 19.2. The summed E-state index contributed by atoms with van der Waals surface area (Å²) in [5.41, 5.74) is 1.98. The molecular formula is C25H26F2N6O3. The Labute approximate surface area is 205 Å². The number of aromatic amines is 2. The fraction of sp³-hybridized carbons (Fsp3) is 0.280. The summed E-state index contributed by atoms with van der Waals surface area (Å²) in [7, 11) is 0. The highest BCUT2D eigenvalue weighted by Gasteiger charge is 2.17. The quantitative estimate of drug-likeness (QED) is 0.280. The van der Waals surface area contributed by atoms with Crippen LogP contribution >= 0.6 is 0 Å². The molecule has 4 N–H and O–H groups in total. The molecule has 0 aliphatic rings. The van der Waals surface area contributed by atoms with Crippen LogP contribution < -0.4 is 10.6 Å². The number of hydrogen-bond acceptors (Lipinski definition) is 5. The van der Waals surface area contributed by atoms with E-state index in [2.05, 4.69) is 30.8 Å². The molecule has 2 aromatic heterocycles. The van der Waals surface area contributed by atoms with Crippen LogP contribution in [0.25, 0.3) is 33.7 Å². The Morgan fingerprint density at radius 1 is 1.03 bits per heavy atom. The predicted octanol–water partition coefficient (Wildman–Crippen LogP) is 4.54. The summed E-state index contributed by atoms with van der Waals surface area (Å²) in [5, 5.41) is 13.3. The number of hydrogen-bond donors (Lipinski definition) is 4. The lowest BCUT2D eigenvalue weighted by atomic mass is 10.1. The summed E-state index contributed by atoms with van der Waals surface area (Å²) in [6, 6.07) is 8.69. The molecule has 0 unspecified atom stereocenters. The Hall–Kier alpha value is -4.28. The van der Waals surface area contributed by atoms with E-state index in [0.717, 1.165) is 12.1 Å². The molecule has 2 amide bonds. The molecule has 188 valence electrons. The van der Waals surface area contributed by atoms with E-state index in [1.165, 1.54) is 12.3 Å². The van der Waals surface area contributed by atoms with Crippen molar-refractivity contribution in [2.45, 2.75) is 32.8 Å². The van der Waals surface area contributed by atoms with Gasteiger partial charge < -0.3 is 20.4 Å². The topological polar surface area (TPSA) is 125 Å². The van der Waals surface area contributed by atoms with E-state index in [9.17, 15) is 18.4 Å². The van der Waals surface area contributed by atoms with E-state index in [1.807, 2.05) is 0 Å². The van der Waals surface area contributed by atoms with Crippen molar-refractivity contribution in [3.8, 4) is 22.8 Å². The summed E-state index contributed by atoms with van der Waals surface area (Å²) in [4.78, 5) is 31.7. The van der Waals surface area contributed by atoms with Gasteiger partial charge in [0, 0.05) is 29.6 Å². The van der Waals surface area contributed by atoms with Crippen molar-refractivity contribution in [3.63, 3.8) is 0 Å². The average Bonchev–Trinajstić information content (AvgIpc) is 3.46. The maximum absolute atomic E-state index is 13.6. The standard InChI is InChI=1S/C25H26F2N6O3/c1-25(2,3)36-24(35)29-10-4-9-28-23(34)15-6-8-19-16(11-15)21(33-32-19)22-30-13-20(31-22)14-5-7-17(26)18(27)12-14/h5-8,11-13H,4,9-10H2,1-3H3,(H,28,34)(H,29,35)(H,30,31)(H,32,33). The summed E-state index contributed by atoms with van der Waals surface area (Å²) >= 11 is 0. The molecule has 0 radical (unpaired) electrons. The first-order valence-corrected chi connectivity index (χ1v) is 11.3. The molecule has 4 rings (SSSR count). The zero-order valence-corrected chi connectivity index (χ0v) is 20.0. The van der Waals surface area contributed by atoms with Crippen LogP contribution in [-0.2, 0) is 4.74 Å². The van der Waals surface area contributed by atoms with Crippen LogP contribution in [-0.4, -0.2) is 50.9 Å². The van der Waals surface area contributed by atoms with Crippen LogP contribution in [0.2, 0.25) is 0 Å². The van der Waals surface area contributed by atoms with Crippen molar-refractivity contribution in [2.75, 3.05) is 13.1 Å².